The molecule has 2 N–H and O–H groups in total. The highest BCUT2D eigenvalue weighted by molar-refractivity contribution is 5.79. The van der Waals surface area contributed by atoms with E-state index < -0.39 is 12.2 Å². The lowest BCUT2D eigenvalue weighted by atomic mass is 9.97. The monoisotopic (exact) mass is 426 g/mol. The molecule has 0 aliphatic carbocycles. The maximum Gasteiger partial charge on any atom is 0.410 e. The second kappa shape index (κ2) is 11.0. The van der Waals surface area contributed by atoms with Crippen molar-refractivity contribution in [1.29, 1.82) is 0 Å². The number of nitrogens with one attached hydrogen (secondary N) is 2. The van der Waals surface area contributed by atoms with Gasteiger partial charge in [-0.05, 0) is 45.6 Å². The summed E-state index contributed by atoms with van der Waals surface area (Å²) >= 11 is 0. The van der Waals surface area contributed by atoms with E-state index in [-0.39, 0.29) is 11.8 Å². The maximum absolute atomic E-state index is 12.5. The maximum atomic E-state index is 12.5. The number of hydrogen-bond acceptors (Lipinski definition) is 4. The summed E-state index contributed by atoms with van der Waals surface area (Å²) in [5.74, 6) is 1.12. The van der Waals surface area contributed by atoms with Crippen LogP contribution in [0, 0.1) is 5.92 Å². The molecule has 0 spiro atoms. The van der Waals surface area contributed by atoms with Crippen LogP contribution in [-0.2, 0) is 11.3 Å². The van der Waals surface area contributed by atoms with Crippen molar-refractivity contribution in [2.45, 2.75) is 52.4 Å². The number of carbonyl (C=O) groups excluding carboxylic acids is 1. The van der Waals surface area contributed by atoms with Gasteiger partial charge in [0.25, 0.3) is 0 Å². The number of amides is 1. The molecule has 0 aromatic heterocycles. The van der Waals surface area contributed by atoms with Crippen LogP contribution in [0.4, 0.5) is 13.6 Å². The molecule has 7 nitrogen and oxygen atoms in total. The minimum atomic E-state index is -2.87. The van der Waals surface area contributed by atoms with E-state index in [2.05, 4.69) is 20.4 Å². The number of para-hydroxylation sites is 1. The van der Waals surface area contributed by atoms with E-state index in [4.69, 9.17) is 4.74 Å². The van der Waals surface area contributed by atoms with Crippen molar-refractivity contribution in [3.63, 3.8) is 0 Å². The van der Waals surface area contributed by atoms with Gasteiger partial charge in [-0.25, -0.2) is 4.79 Å². The third kappa shape index (κ3) is 8.04. The van der Waals surface area contributed by atoms with Gasteiger partial charge in [0, 0.05) is 38.8 Å². The summed E-state index contributed by atoms with van der Waals surface area (Å²) in [4.78, 5) is 18.1. The van der Waals surface area contributed by atoms with Gasteiger partial charge in [-0.2, -0.15) is 8.78 Å². The number of benzene rings is 1. The van der Waals surface area contributed by atoms with Crippen LogP contribution >= 0.6 is 0 Å². The third-order valence-electron chi connectivity index (χ3n) is 4.68. The standard InChI is InChI=1S/C21H32F2N4O3/c1-21(2,3)30-20(28)27-11-9-15(10-12-27)13-25-19(24-4)26-14-16-7-5-6-8-17(16)29-18(22)23/h5-8,15,18H,9-14H2,1-4H3,(H2,24,25,26). The Labute approximate surface area is 176 Å². The van der Waals surface area contributed by atoms with Crippen LogP contribution in [0.2, 0.25) is 0 Å². The van der Waals surface area contributed by atoms with Gasteiger partial charge in [0.2, 0.25) is 0 Å². The number of aliphatic imine (C=N–C) groups is 1. The Bertz CT molecular complexity index is 714. The summed E-state index contributed by atoms with van der Waals surface area (Å²) in [5.41, 5.74) is 0.124. The van der Waals surface area contributed by atoms with Crippen LogP contribution in [0.3, 0.4) is 0 Å². The van der Waals surface area contributed by atoms with Crippen LogP contribution in [0.25, 0.3) is 0 Å². The molecule has 0 bridgehead atoms. The van der Waals surface area contributed by atoms with Crippen LogP contribution in [0.5, 0.6) is 5.75 Å². The minimum Gasteiger partial charge on any atom is -0.444 e. The first-order valence-electron chi connectivity index (χ1n) is 10.1. The lowest BCUT2D eigenvalue weighted by Crippen LogP contribution is -2.45. The summed E-state index contributed by atoms with van der Waals surface area (Å²) in [7, 11) is 1.65. The lowest BCUT2D eigenvalue weighted by Gasteiger charge is -2.33. The van der Waals surface area contributed by atoms with Crippen molar-refractivity contribution in [2.75, 3.05) is 26.7 Å². The first-order valence-corrected chi connectivity index (χ1v) is 10.1. The highest BCUT2D eigenvalue weighted by atomic mass is 19.3. The molecule has 168 valence electrons. The molecule has 1 aliphatic heterocycles. The minimum absolute atomic E-state index is 0.143. The summed E-state index contributed by atoms with van der Waals surface area (Å²) in [6.45, 7) is 5.04. The van der Waals surface area contributed by atoms with Gasteiger partial charge in [-0.15, -0.1) is 0 Å². The number of rotatable bonds is 6. The molecule has 1 amide bonds. The normalized spacial score (nSPS) is 15.8. The predicted octanol–water partition coefficient (Wildman–Crippen LogP) is 3.60. The third-order valence-corrected chi connectivity index (χ3v) is 4.68. The molecule has 0 atom stereocenters. The number of hydrogen-bond donors (Lipinski definition) is 2. The molecule has 0 unspecified atom stereocenters. The highest BCUT2D eigenvalue weighted by Crippen LogP contribution is 2.21. The van der Waals surface area contributed by atoms with Crippen LogP contribution < -0.4 is 15.4 Å². The molecule has 1 heterocycles. The molecular formula is C21H32F2N4O3. The molecule has 1 aromatic carbocycles. The molecule has 0 saturated carbocycles. The molecule has 30 heavy (non-hydrogen) atoms. The molecule has 1 fully saturated rings. The first-order chi connectivity index (χ1) is 14.2. The van der Waals surface area contributed by atoms with Crippen molar-refractivity contribution in [2.24, 2.45) is 10.9 Å². The fraction of sp³-hybridized carbons (Fsp3) is 0.619. The summed E-state index contributed by atoms with van der Waals surface area (Å²) in [6, 6.07) is 6.66. The summed E-state index contributed by atoms with van der Waals surface area (Å²) in [5, 5.41) is 6.39. The van der Waals surface area contributed by atoms with Crippen molar-refractivity contribution >= 4 is 12.1 Å². The quantitative estimate of drug-likeness (QED) is 0.537. The smallest absolute Gasteiger partial charge is 0.410 e. The second-order valence-corrected chi connectivity index (χ2v) is 8.20. The molecule has 0 radical (unpaired) electrons. The number of ether oxygens (including phenoxy) is 2. The Morgan fingerprint density at radius 3 is 2.50 bits per heavy atom. The average Bonchev–Trinajstić information content (AvgIpc) is 2.68. The number of piperidine rings is 1. The largest absolute Gasteiger partial charge is 0.444 e. The van der Waals surface area contributed by atoms with Gasteiger partial charge in [0.15, 0.2) is 5.96 Å². The predicted molar refractivity (Wildman–Crippen MR) is 112 cm³/mol. The SMILES string of the molecule is CN=C(NCc1ccccc1OC(F)F)NCC1CCN(C(=O)OC(C)(C)C)CC1. The fourth-order valence-electron chi connectivity index (χ4n) is 3.15. The molecule has 1 saturated heterocycles. The molecular weight excluding hydrogens is 394 g/mol. The first kappa shape index (κ1) is 23.7. The van der Waals surface area contributed by atoms with Crippen molar-refractivity contribution in [3.05, 3.63) is 29.8 Å². The lowest BCUT2D eigenvalue weighted by molar-refractivity contribution is -0.0504. The molecule has 9 heteroatoms. The van der Waals surface area contributed by atoms with Gasteiger partial charge in [-0.3, -0.25) is 4.99 Å². The Morgan fingerprint density at radius 1 is 1.23 bits per heavy atom. The number of alkyl halides is 2. The van der Waals surface area contributed by atoms with E-state index in [9.17, 15) is 13.6 Å². The van der Waals surface area contributed by atoms with Gasteiger partial charge in [-0.1, -0.05) is 18.2 Å². The Morgan fingerprint density at radius 2 is 1.90 bits per heavy atom. The molecule has 1 aliphatic rings. The molecule has 1 aromatic rings. The Hall–Kier alpha value is -2.58. The fourth-order valence-corrected chi connectivity index (χ4v) is 3.15. The topological polar surface area (TPSA) is 75.2 Å². The van der Waals surface area contributed by atoms with Gasteiger partial charge in [0.1, 0.15) is 11.4 Å². The van der Waals surface area contributed by atoms with Crippen molar-refractivity contribution in [1.82, 2.24) is 15.5 Å². The molecule has 2 rings (SSSR count). The average molecular weight is 427 g/mol. The Kier molecular flexibility index (Phi) is 8.68. The zero-order valence-electron chi connectivity index (χ0n) is 18.1. The summed E-state index contributed by atoms with van der Waals surface area (Å²) in [6.07, 6.45) is 1.47. The number of guanidine groups is 1. The van der Waals surface area contributed by atoms with Crippen LogP contribution in [-0.4, -0.2) is 55.8 Å². The van der Waals surface area contributed by atoms with E-state index in [0.29, 0.717) is 43.6 Å². The number of likely N-dealkylation sites (tertiary alicyclic amines) is 1. The van der Waals surface area contributed by atoms with Crippen molar-refractivity contribution < 1.29 is 23.0 Å². The second-order valence-electron chi connectivity index (χ2n) is 8.20. The summed E-state index contributed by atoms with van der Waals surface area (Å²) < 4.78 is 35.0. The van der Waals surface area contributed by atoms with E-state index >= 15 is 0 Å². The van der Waals surface area contributed by atoms with Gasteiger partial charge < -0.3 is 25.0 Å². The van der Waals surface area contributed by atoms with Crippen LogP contribution in [0.1, 0.15) is 39.2 Å². The van der Waals surface area contributed by atoms with E-state index in [1.807, 2.05) is 20.8 Å². The number of nitrogens with zero attached hydrogens (tertiary/aromatic N) is 2. The highest BCUT2D eigenvalue weighted by Gasteiger charge is 2.26. The van der Waals surface area contributed by atoms with E-state index in [1.165, 1.54) is 6.07 Å². The van der Waals surface area contributed by atoms with Crippen molar-refractivity contribution in [3.8, 4) is 5.75 Å². The van der Waals surface area contributed by atoms with Gasteiger partial charge >= 0.3 is 12.7 Å². The van der Waals surface area contributed by atoms with Gasteiger partial charge in [0.05, 0.1) is 0 Å². The zero-order chi connectivity index (χ0) is 22.1. The van der Waals surface area contributed by atoms with E-state index in [1.54, 1.807) is 30.1 Å². The number of carbonyl (C=O) groups is 1. The zero-order valence-corrected chi connectivity index (χ0v) is 18.1. The van der Waals surface area contributed by atoms with E-state index in [0.717, 1.165) is 12.8 Å². The van der Waals surface area contributed by atoms with Crippen LogP contribution in [0.15, 0.2) is 29.3 Å². The number of halogens is 2. The Balaban J connectivity index is 1.76.